The van der Waals surface area contributed by atoms with E-state index in [1.54, 1.807) is 0 Å². The topological polar surface area (TPSA) is 21.3 Å². The quantitative estimate of drug-likeness (QED) is 0.820. The summed E-state index contributed by atoms with van der Waals surface area (Å²) in [5, 5.41) is 3.60. The summed E-state index contributed by atoms with van der Waals surface area (Å²) in [4.78, 5) is 0. The predicted octanol–water partition coefficient (Wildman–Crippen LogP) is 3.71. The Balaban J connectivity index is 1.97. The number of hydrogen-bond donors (Lipinski definition) is 1. The molecule has 2 fully saturated rings. The van der Waals surface area contributed by atoms with Gasteiger partial charge in [-0.1, -0.05) is 20.8 Å². The van der Waals surface area contributed by atoms with Crippen LogP contribution in [0, 0.1) is 29.6 Å². The number of ether oxygens (including phenoxy) is 1. The molecule has 3 atom stereocenters. The van der Waals surface area contributed by atoms with Crippen LogP contribution in [0.15, 0.2) is 0 Å². The molecular weight excluding hydrogens is 234 g/mol. The number of nitrogens with one attached hydrogen (secondary N) is 1. The van der Waals surface area contributed by atoms with Crippen LogP contribution in [0.1, 0.15) is 52.9 Å². The second-order valence-corrected chi connectivity index (χ2v) is 7.00. The average Bonchev–Trinajstić information content (AvgIpc) is 2.45. The Bertz CT molecular complexity index is 248. The zero-order valence-corrected chi connectivity index (χ0v) is 13.2. The third kappa shape index (κ3) is 4.19. The molecule has 1 N–H and O–H groups in total. The molecule has 2 rings (SSSR count). The van der Waals surface area contributed by atoms with Crippen molar-refractivity contribution in [2.45, 2.75) is 52.9 Å². The standard InChI is InChI=1S/C17H33NO/c1-4-18-12-16-6-5-15(13(2)3)11-17(16)14-7-9-19-10-8-14/h13-18H,4-12H2,1-3H3. The van der Waals surface area contributed by atoms with Crippen molar-refractivity contribution in [3.8, 4) is 0 Å². The van der Waals surface area contributed by atoms with Gasteiger partial charge in [-0.15, -0.1) is 0 Å². The van der Waals surface area contributed by atoms with Crippen LogP contribution in [-0.4, -0.2) is 26.3 Å². The van der Waals surface area contributed by atoms with E-state index in [1.807, 2.05) is 0 Å². The Morgan fingerprint density at radius 1 is 1.11 bits per heavy atom. The second-order valence-electron chi connectivity index (χ2n) is 7.00. The summed E-state index contributed by atoms with van der Waals surface area (Å²) in [6, 6.07) is 0. The molecule has 0 aromatic carbocycles. The molecule has 0 amide bonds. The van der Waals surface area contributed by atoms with Crippen molar-refractivity contribution < 1.29 is 4.74 Å². The fourth-order valence-corrected chi connectivity index (χ4v) is 4.21. The van der Waals surface area contributed by atoms with E-state index in [1.165, 1.54) is 38.6 Å². The zero-order chi connectivity index (χ0) is 13.7. The molecule has 1 saturated heterocycles. The maximum absolute atomic E-state index is 5.57. The van der Waals surface area contributed by atoms with E-state index >= 15 is 0 Å². The van der Waals surface area contributed by atoms with E-state index in [4.69, 9.17) is 4.74 Å². The van der Waals surface area contributed by atoms with Gasteiger partial charge in [0.1, 0.15) is 0 Å². The van der Waals surface area contributed by atoms with Crippen molar-refractivity contribution >= 4 is 0 Å². The van der Waals surface area contributed by atoms with Gasteiger partial charge in [0.2, 0.25) is 0 Å². The van der Waals surface area contributed by atoms with Gasteiger partial charge in [0, 0.05) is 13.2 Å². The van der Waals surface area contributed by atoms with Crippen molar-refractivity contribution in [2.24, 2.45) is 29.6 Å². The van der Waals surface area contributed by atoms with Crippen LogP contribution in [-0.2, 0) is 4.74 Å². The van der Waals surface area contributed by atoms with E-state index in [2.05, 4.69) is 26.1 Å². The van der Waals surface area contributed by atoms with E-state index in [0.29, 0.717) is 0 Å². The number of rotatable bonds is 5. The molecule has 0 aromatic heterocycles. The molecule has 19 heavy (non-hydrogen) atoms. The summed E-state index contributed by atoms with van der Waals surface area (Å²) in [5.41, 5.74) is 0. The molecule has 2 heteroatoms. The SMILES string of the molecule is CCNCC1CCC(C(C)C)CC1C1CCOCC1. The van der Waals surface area contributed by atoms with Crippen molar-refractivity contribution in [3.05, 3.63) is 0 Å². The Morgan fingerprint density at radius 2 is 1.84 bits per heavy atom. The van der Waals surface area contributed by atoms with Gasteiger partial charge in [-0.2, -0.15) is 0 Å². The van der Waals surface area contributed by atoms with Crippen LogP contribution in [0.2, 0.25) is 0 Å². The summed E-state index contributed by atoms with van der Waals surface area (Å²) in [6.07, 6.45) is 6.97. The van der Waals surface area contributed by atoms with Crippen LogP contribution in [0.3, 0.4) is 0 Å². The summed E-state index contributed by atoms with van der Waals surface area (Å²) in [6.45, 7) is 11.4. The Labute approximate surface area is 119 Å². The molecule has 2 nitrogen and oxygen atoms in total. The van der Waals surface area contributed by atoms with Crippen molar-refractivity contribution in [1.29, 1.82) is 0 Å². The van der Waals surface area contributed by atoms with Crippen LogP contribution in [0.4, 0.5) is 0 Å². The minimum Gasteiger partial charge on any atom is -0.381 e. The van der Waals surface area contributed by atoms with Gasteiger partial charge >= 0.3 is 0 Å². The van der Waals surface area contributed by atoms with Crippen LogP contribution >= 0.6 is 0 Å². The highest BCUT2D eigenvalue weighted by molar-refractivity contribution is 4.87. The van der Waals surface area contributed by atoms with E-state index in [-0.39, 0.29) is 0 Å². The molecule has 112 valence electrons. The van der Waals surface area contributed by atoms with Gasteiger partial charge in [-0.05, 0) is 74.8 Å². The Kier molecular flexibility index (Phi) is 6.15. The summed E-state index contributed by atoms with van der Waals surface area (Å²) in [7, 11) is 0. The largest absolute Gasteiger partial charge is 0.381 e. The molecule has 1 aliphatic carbocycles. The first-order chi connectivity index (χ1) is 9.22. The van der Waals surface area contributed by atoms with Gasteiger partial charge in [0.05, 0.1) is 0 Å². The first-order valence-electron chi connectivity index (χ1n) is 8.50. The van der Waals surface area contributed by atoms with Gasteiger partial charge in [0.25, 0.3) is 0 Å². The van der Waals surface area contributed by atoms with Crippen LogP contribution in [0.5, 0.6) is 0 Å². The summed E-state index contributed by atoms with van der Waals surface area (Å²) < 4.78 is 5.57. The lowest BCUT2D eigenvalue weighted by molar-refractivity contribution is 0.00968. The first kappa shape index (κ1) is 15.3. The van der Waals surface area contributed by atoms with Gasteiger partial charge < -0.3 is 10.1 Å². The maximum atomic E-state index is 5.57. The minimum atomic E-state index is 0.863. The molecule has 2 aliphatic rings. The van der Waals surface area contributed by atoms with E-state index < -0.39 is 0 Å². The zero-order valence-electron chi connectivity index (χ0n) is 13.2. The molecule has 3 unspecified atom stereocenters. The lowest BCUT2D eigenvalue weighted by Gasteiger charge is -2.43. The molecule has 0 bridgehead atoms. The van der Waals surface area contributed by atoms with Crippen molar-refractivity contribution in [3.63, 3.8) is 0 Å². The summed E-state index contributed by atoms with van der Waals surface area (Å²) >= 11 is 0. The molecule has 0 radical (unpaired) electrons. The third-order valence-corrected chi connectivity index (χ3v) is 5.56. The second kappa shape index (κ2) is 7.64. The first-order valence-corrected chi connectivity index (χ1v) is 8.50. The molecular formula is C17H33NO. The highest BCUT2D eigenvalue weighted by atomic mass is 16.5. The predicted molar refractivity (Wildman–Crippen MR) is 81.2 cm³/mol. The minimum absolute atomic E-state index is 0.863. The Hall–Kier alpha value is -0.0800. The molecule has 0 aromatic rings. The van der Waals surface area contributed by atoms with Gasteiger partial charge in [0.15, 0.2) is 0 Å². The molecule has 0 spiro atoms. The lowest BCUT2D eigenvalue weighted by Crippen LogP contribution is -2.39. The molecule has 1 heterocycles. The third-order valence-electron chi connectivity index (χ3n) is 5.56. The normalized spacial score (nSPS) is 33.8. The fourth-order valence-electron chi connectivity index (χ4n) is 4.21. The van der Waals surface area contributed by atoms with Crippen LogP contribution < -0.4 is 5.32 Å². The molecule has 1 aliphatic heterocycles. The fraction of sp³-hybridized carbons (Fsp3) is 1.00. The lowest BCUT2D eigenvalue weighted by atomic mass is 9.64. The molecule has 1 saturated carbocycles. The monoisotopic (exact) mass is 267 g/mol. The van der Waals surface area contributed by atoms with Crippen LogP contribution in [0.25, 0.3) is 0 Å². The number of hydrogen-bond acceptors (Lipinski definition) is 2. The van der Waals surface area contributed by atoms with Crippen molar-refractivity contribution in [1.82, 2.24) is 5.32 Å². The van der Waals surface area contributed by atoms with E-state index in [9.17, 15) is 0 Å². The van der Waals surface area contributed by atoms with Crippen molar-refractivity contribution in [2.75, 3.05) is 26.3 Å². The Morgan fingerprint density at radius 3 is 2.47 bits per heavy atom. The van der Waals surface area contributed by atoms with Gasteiger partial charge in [-0.3, -0.25) is 0 Å². The van der Waals surface area contributed by atoms with Gasteiger partial charge in [-0.25, -0.2) is 0 Å². The smallest absolute Gasteiger partial charge is 0.0468 e. The maximum Gasteiger partial charge on any atom is 0.0468 e. The van der Waals surface area contributed by atoms with E-state index in [0.717, 1.165) is 49.3 Å². The highest BCUT2D eigenvalue weighted by Crippen LogP contribution is 2.43. The highest BCUT2D eigenvalue weighted by Gasteiger charge is 2.36. The average molecular weight is 267 g/mol. The summed E-state index contributed by atoms with van der Waals surface area (Å²) in [5.74, 6) is 4.62.